The lowest BCUT2D eigenvalue weighted by molar-refractivity contribution is 0.0995. The van der Waals surface area contributed by atoms with Crippen LogP contribution in [-0.4, -0.2) is 23.8 Å². The van der Waals surface area contributed by atoms with E-state index in [-0.39, 0.29) is 11.7 Å². The first kappa shape index (κ1) is 17.0. The molecule has 0 atom stereocenters. The number of ether oxygens (including phenoxy) is 1. The molecule has 1 amide bonds. The lowest BCUT2D eigenvalue weighted by Gasteiger charge is -2.14. The number of fused-ring (bicyclic) bond motifs is 1. The Labute approximate surface area is 157 Å². The molecule has 3 aromatic rings. The number of ketones is 1. The van der Waals surface area contributed by atoms with Crippen LogP contribution in [0.3, 0.4) is 0 Å². The molecule has 0 saturated carbocycles. The van der Waals surface area contributed by atoms with Gasteiger partial charge in [0.25, 0.3) is 5.91 Å². The molecule has 0 saturated heterocycles. The molecule has 1 aliphatic rings. The zero-order valence-electron chi connectivity index (χ0n) is 14.9. The smallest absolute Gasteiger partial charge is 0.255 e. The predicted octanol–water partition coefficient (Wildman–Crippen LogP) is 4.14. The van der Waals surface area contributed by atoms with E-state index in [9.17, 15) is 9.59 Å². The van der Waals surface area contributed by atoms with Gasteiger partial charge in [0.2, 0.25) is 5.88 Å². The van der Waals surface area contributed by atoms with E-state index in [1.54, 1.807) is 37.6 Å². The van der Waals surface area contributed by atoms with Gasteiger partial charge in [-0.2, -0.15) is 0 Å². The van der Waals surface area contributed by atoms with Gasteiger partial charge in [0.05, 0.1) is 12.8 Å². The van der Waals surface area contributed by atoms with E-state index in [0.29, 0.717) is 35.5 Å². The van der Waals surface area contributed by atoms with Gasteiger partial charge in [-0.15, -0.1) is 0 Å². The van der Waals surface area contributed by atoms with Gasteiger partial charge in [-0.1, -0.05) is 24.3 Å². The van der Waals surface area contributed by atoms with E-state index in [1.807, 2.05) is 30.3 Å². The van der Waals surface area contributed by atoms with Crippen LogP contribution in [0.4, 0.5) is 5.69 Å². The van der Waals surface area contributed by atoms with Crippen LogP contribution in [0.5, 0.6) is 5.88 Å². The largest absolute Gasteiger partial charge is 0.481 e. The average molecular weight is 358 g/mol. The number of anilines is 1. The fraction of sp³-hybridized carbons (Fsp3) is 0.136. The monoisotopic (exact) mass is 358 g/mol. The number of nitrogens with zero attached hydrogens (tertiary/aromatic N) is 1. The van der Waals surface area contributed by atoms with Crippen molar-refractivity contribution in [2.24, 2.45) is 0 Å². The number of aromatic nitrogens is 1. The third-order valence-electron chi connectivity index (χ3n) is 4.73. The number of rotatable bonds is 4. The molecule has 4 rings (SSSR count). The molecule has 0 bridgehead atoms. The highest BCUT2D eigenvalue weighted by Crippen LogP contribution is 2.37. The van der Waals surface area contributed by atoms with Crippen molar-refractivity contribution >= 4 is 17.4 Å². The molecular weight excluding hydrogens is 340 g/mol. The van der Waals surface area contributed by atoms with Crippen molar-refractivity contribution in [2.75, 3.05) is 12.4 Å². The topological polar surface area (TPSA) is 68.3 Å². The molecular formula is C22H18N2O3. The van der Waals surface area contributed by atoms with E-state index in [4.69, 9.17) is 4.74 Å². The summed E-state index contributed by atoms with van der Waals surface area (Å²) in [5.74, 6) is 0.367. The van der Waals surface area contributed by atoms with E-state index < -0.39 is 0 Å². The van der Waals surface area contributed by atoms with Gasteiger partial charge >= 0.3 is 0 Å². The number of carbonyl (C=O) groups is 2. The number of Topliss-reactive ketones (excluding diaryl/α,β-unsaturated/α-hetero) is 1. The highest BCUT2D eigenvalue weighted by molar-refractivity contribution is 6.12. The summed E-state index contributed by atoms with van der Waals surface area (Å²) in [4.78, 5) is 29.3. The van der Waals surface area contributed by atoms with Crippen LogP contribution in [0.15, 0.2) is 60.8 Å². The molecule has 2 aromatic carbocycles. The molecule has 27 heavy (non-hydrogen) atoms. The number of benzene rings is 2. The quantitative estimate of drug-likeness (QED) is 0.761. The Bertz CT molecular complexity index is 1010. The minimum absolute atomic E-state index is 0.0525. The number of hydrogen-bond acceptors (Lipinski definition) is 4. The molecule has 0 unspecified atom stereocenters. The van der Waals surface area contributed by atoms with Crippen molar-refractivity contribution in [3.8, 4) is 17.0 Å². The molecule has 5 heteroatoms. The maximum absolute atomic E-state index is 12.5. The normalized spacial score (nSPS) is 12.6. The first-order chi connectivity index (χ1) is 13.2. The number of pyridine rings is 1. The molecule has 0 radical (unpaired) electrons. The van der Waals surface area contributed by atoms with Crippen LogP contribution in [-0.2, 0) is 6.42 Å². The Kier molecular flexibility index (Phi) is 4.42. The minimum atomic E-state index is -0.226. The van der Waals surface area contributed by atoms with Crippen LogP contribution >= 0.6 is 0 Å². The molecule has 1 heterocycles. The molecule has 5 nitrogen and oxygen atoms in total. The maximum Gasteiger partial charge on any atom is 0.255 e. The zero-order chi connectivity index (χ0) is 18.8. The number of amides is 1. The Morgan fingerprint density at radius 3 is 2.56 bits per heavy atom. The minimum Gasteiger partial charge on any atom is -0.481 e. The van der Waals surface area contributed by atoms with Crippen LogP contribution < -0.4 is 10.1 Å². The van der Waals surface area contributed by atoms with E-state index in [1.165, 1.54) is 0 Å². The Hall–Kier alpha value is -3.47. The third-order valence-corrected chi connectivity index (χ3v) is 4.73. The summed E-state index contributed by atoms with van der Waals surface area (Å²) in [6, 6.07) is 16.4. The van der Waals surface area contributed by atoms with E-state index in [0.717, 1.165) is 16.7 Å². The summed E-state index contributed by atoms with van der Waals surface area (Å²) in [5.41, 5.74) is 4.56. The van der Waals surface area contributed by atoms with Gasteiger partial charge in [-0.3, -0.25) is 9.59 Å². The molecule has 1 aromatic heterocycles. The summed E-state index contributed by atoms with van der Waals surface area (Å²) in [6.07, 6.45) is 2.84. The van der Waals surface area contributed by atoms with Crippen molar-refractivity contribution in [3.63, 3.8) is 0 Å². The third kappa shape index (κ3) is 3.19. The molecule has 0 spiro atoms. The molecule has 0 fully saturated rings. The fourth-order valence-corrected chi connectivity index (χ4v) is 3.41. The second-order valence-electron chi connectivity index (χ2n) is 6.35. The predicted molar refractivity (Wildman–Crippen MR) is 103 cm³/mol. The molecule has 134 valence electrons. The lowest BCUT2D eigenvalue weighted by atomic mass is 9.96. The van der Waals surface area contributed by atoms with Crippen molar-refractivity contribution in [1.82, 2.24) is 4.98 Å². The Morgan fingerprint density at radius 1 is 1.04 bits per heavy atom. The fourth-order valence-electron chi connectivity index (χ4n) is 3.41. The van der Waals surface area contributed by atoms with Gasteiger partial charge < -0.3 is 10.1 Å². The van der Waals surface area contributed by atoms with Crippen molar-refractivity contribution in [1.29, 1.82) is 0 Å². The van der Waals surface area contributed by atoms with Crippen LogP contribution in [0, 0.1) is 0 Å². The van der Waals surface area contributed by atoms with Gasteiger partial charge in [0.15, 0.2) is 5.78 Å². The first-order valence-corrected chi connectivity index (χ1v) is 8.73. The van der Waals surface area contributed by atoms with Gasteiger partial charge in [0.1, 0.15) is 0 Å². The van der Waals surface area contributed by atoms with Crippen molar-refractivity contribution in [3.05, 3.63) is 77.5 Å². The Morgan fingerprint density at radius 2 is 1.85 bits per heavy atom. The summed E-state index contributed by atoms with van der Waals surface area (Å²) in [7, 11) is 1.57. The summed E-state index contributed by atoms with van der Waals surface area (Å²) >= 11 is 0. The number of carbonyl (C=O) groups excluding carboxylic acids is 2. The summed E-state index contributed by atoms with van der Waals surface area (Å²) in [6.45, 7) is 0. The number of nitrogens with one attached hydrogen (secondary N) is 1. The number of hydrogen-bond donors (Lipinski definition) is 1. The van der Waals surface area contributed by atoms with Crippen molar-refractivity contribution in [2.45, 2.75) is 12.8 Å². The summed E-state index contributed by atoms with van der Waals surface area (Å²) in [5, 5.41) is 2.89. The van der Waals surface area contributed by atoms with E-state index in [2.05, 4.69) is 10.3 Å². The highest BCUT2D eigenvalue weighted by atomic mass is 16.5. The van der Waals surface area contributed by atoms with Gasteiger partial charge in [-0.05, 0) is 41.8 Å². The van der Waals surface area contributed by atoms with Crippen LogP contribution in [0.1, 0.15) is 32.7 Å². The lowest BCUT2D eigenvalue weighted by Crippen LogP contribution is -2.14. The number of methoxy groups -OCH3 is 1. The van der Waals surface area contributed by atoms with Crippen LogP contribution in [0.2, 0.25) is 0 Å². The SMILES string of the molecule is COc1ccc(-c2ccc(NC(=O)c3ccccc3)c3c2CCC3=O)cn1. The standard InChI is InChI=1S/C22H18N2O3/c1-27-20-12-7-15(13-23-20)16-8-10-18(21-17(16)9-11-19(21)25)24-22(26)14-5-3-2-4-6-14/h2-8,10,12-13H,9,11H2,1H3,(H,24,26). The van der Waals surface area contributed by atoms with Gasteiger partial charge in [0, 0.05) is 35.4 Å². The highest BCUT2D eigenvalue weighted by Gasteiger charge is 2.27. The van der Waals surface area contributed by atoms with Gasteiger partial charge in [-0.25, -0.2) is 4.98 Å². The second kappa shape index (κ2) is 7.03. The molecule has 0 aliphatic heterocycles. The average Bonchev–Trinajstić information content (AvgIpc) is 3.11. The van der Waals surface area contributed by atoms with Crippen LogP contribution in [0.25, 0.3) is 11.1 Å². The first-order valence-electron chi connectivity index (χ1n) is 8.73. The zero-order valence-corrected chi connectivity index (χ0v) is 14.9. The second-order valence-corrected chi connectivity index (χ2v) is 6.35. The maximum atomic E-state index is 12.5. The van der Waals surface area contributed by atoms with E-state index >= 15 is 0 Å². The molecule has 1 aliphatic carbocycles. The Balaban J connectivity index is 1.72. The van der Waals surface area contributed by atoms with Crippen molar-refractivity contribution < 1.29 is 14.3 Å². The summed E-state index contributed by atoms with van der Waals surface area (Å²) < 4.78 is 5.11. The molecule has 1 N–H and O–H groups in total.